The van der Waals surface area contributed by atoms with Crippen LogP contribution in [0.15, 0.2) is 60.2 Å². The highest BCUT2D eigenvalue weighted by Gasteiger charge is 2.22. The van der Waals surface area contributed by atoms with E-state index in [4.69, 9.17) is 15.3 Å². The number of benzene rings is 1. The summed E-state index contributed by atoms with van der Waals surface area (Å²) in [5.41, 5.74) is 1.94. The Balaban J connectivity index is 2.36. The molecule has 0 saturated carbocycles. The van der Waals surface area contributed by atoms with E-state index in [0.717, 1.165) is 11.3 Å². The minimum absolute atomic E-state index is 0.266. The molecule has 1 aromatic carbocycles. The van der Waals surface area contributed by atoms with Crippen molar-refractivity contribution in [1.82, 2.24) is 4.90 Å². The molecule has 0 aromatic heterocycles. The fourth-order valence-electron chi connectivity index (χ4n) is 2.15. The Labute approximate surface area is 130 Å². The average Bonchev–Trinajstić information content (AvgIpc) is 2.55. The van der Waals surface area contributed by atoms with E-state index in [1.807, 2.05) is 73.6 Å². The minimum atomic E-state index is -0.713. The first-order valence-electron chi connectivity index (χ1n) is 6.94. The molecule has 0 bridgehead atoms. The highest BCUT2D eigenvalue weighted by atomic mass is 16.5. The van der Waals surface area contributed by atoms with Gasteiger partial charge in [-0.25, -0.2) is 0 Å². The second kappa shape index (κ2) is 7.15. The SMILES string of the molecule is CN(C)C(=Cc1ccccc1)C1=CC(C(C#N)C#N)C=CO1. The Kier molecular flexibility index (Phi) is 5.01. The lowest BCUT2D eigenvalue weighted by molar-refractivity contribution is 0.314. The molecule has 1 unspecified atom stereocenters. The van der Waals surface area contributed by atoms with Crippen LogP contribution in [0.3, 0.4) is 0 Å². The van der Waals surface area contributed by atoms with Crippen molar-refractivity contribution in [1.29, 1.82) is 10.5 Å². The molecule has 1 aliphatic heterocycles. The Bertz CT molecular complexity index is 673. The molecule has 0 amide bonds. The summed E-state index contributed by atoms with van der Waals surface area (Å²) in [7, 11) is 3.86. The maximum absolute atomic E-state index is 9.05. The van der Waals surface area contributed by atoms with Crippen LogP contribution in [0.25, 0.3) is 6.08 Å². The van der Waals surface area contributed by atoms with Crippen molar-refractivity contribution in [2.75, 3.05) is 14.1 Å². The topological polar surface area (TPSA) is 60.0 Å². The summed E-state index contributed by atoms with van der Waals surface area (Å²) in [5.74, 6) is -0.329. The molecule has 4 heteroatoms. The first-order valence-corrected chi connectivity index (χ1v) is 6.94. The zero-order chi connectivity index (χ0) is 15.9. The van der Waals surface area contributed by atoms with E-state index in [9.17, 15) is 0 Å². The van der Waals surface area contributed by atoms with Crippen LogP contribution < -0.4 is 0 Å². The van der Waals surface area contributed by atoms with Crippen LogP contribution >= 0.6 is 0 Å². The van der Waals surface area contributed by atoms with Gasteiger partial charge in [0.1, 0.15) is 11.7 Å². The maximum Gasteiger partial charge on any atom is 0.146 e. The Morgan fingerprint density at radius 2 is 1.91 bits per heavy atom. The first kappa shape index (κ1) is 15.4. The molecule has 0 radical (unpaired) electrons. The first-order chi connectivity index (χ1) is 10.7. The molecule has 0 N–H and O–H groups in total. The number of hydrogen-bond donors (Lipinski definition) is 0. The molecule has 110 valence electrons. The van der Waals surface area contributed by atoms with Gasteiger partial charge >= 0.3 is 0 Å². The smallest absolute Gasteiger partial charge is 0.146 e. The predicted octanol–water partition coefficient (Wildman–Crippen LogP) is 3.30. The lowest BCUT2D eigenvalue weighted by Crippen LogP contribution is -2.18. The third-order valence-electron chi connectivity index (χ3n) is 3.34. The number of hydrogen-bond acceptors (Lipinski definition) is 4. The van der Waals surface area contributed by atoms with Crippen LogP contribution in [-0.4, -0.2) is 19.0 Å². The number of rotatable bonds is 4. The highest BCUT2D eigenvalue weighted by molar-refractivity contribution is 5.57. The number of allylic oxidation sites excluding steroid dienone is 2. The monoisotopic (exact) mass is 291 g/mol. The molecule has 22 heavy (non-hydrogen) atoms. The molecule has 2 rings (SSSR count). The fraction of sp³-hybridized carbons (Fsp3) is 0.222. The number of likely N-dealkylation sites (N-methyl/N-ethyl adjacent to an activating group) is 1. The van der Waals surface area contributed by atoms with Gasteiger partial charge in [0.2, 0.25) is 0 Å². The average molecular weight is 291 g/mol. The molecular formula is C18H17N3O. The summed E-state index contributed by atoms with van der Waals surface area (Å²) in [4.78, 5) is 1.95. The summed E-state index contributed by atoms with van der Waals surface area (Å²) in [6.07, 6.45) is 7.11. The van der Waals surface area contributed by atoms with Crippen molar-refractivity contribution in [3.05, 3.63) is 65.8 Å². The van der Waals surface area contributed by atoms with Crippen molar-refractivity contribution in [3.8, 4) is 12.1 Å². The second-order valence-corrected chi connectivity index (χ2v) is 5.13. The van der Waals surface area contributed by atoms with E-state index < -0.39 is 5.92 Å². The Morgan fingerprint density at radius 3 is 2.50 bits per heavy atom. The van der Waals surface area contributed by atoms with E-state index in [1.165, 1.54) is 0 Å². The van der Waals surface area contributed by atoms with Gasteiger partial charge in [0.15, 0.2) is 0 Å². The number of nitrogens with zero attached hydrogens (tertiary/aromatic N) is 3. The standard InChI is InChI=1S/C18H17N3O/c1-21(2)17(10-14-6-4-3-5-7-14)18-11-15(8-9-22-18)16(12-19)13-20/h3-11,15-16H,1-2H3. The van der Waals surface area contributed by atoms with Gasteiger partial charge in [-0.3, -0.25) is 0 Å². The zero-order valence-electron chi connectivity index (χ0n) is 12.6. The molecule has 1 heterocycles. The normalized spacial score (nSPS) is 17.2. The maximum atomic E-state index is 9.05. The van der Waals surface area contributed by atoms with E-state index >= 15 is 0 Å². The summed E-state index contributed by atoms with van der Waals surface area (Å²) in [6.45, 7) is 0. The van der Waals surface area contributed by atoms with Gasteiger partial charge in [-0.05, 0) is 23.8 Å². The van der Waals surface area contributed by atoms with Crippen LogP contribution in [0.5, 0.6) is 0 Å². The molecule has 1 aromatic rings. The minimum Gasteiger partial charge on any atom is -0.463 e. The second-order valence-electron chi connectivity index (χ2n) is 5.13. The van der Waals surface area contributed by atoms with E-state index in [1.54, 1.807) is 12.3 Å². The van der Waals surface area contributed by atoms with Gasteiger partial charge in [-0.2, -0.15) is 10.5 Å². The van der Waals surface area contributed by atoms with Crippen LogP contribution in [-0.2, 0) is 4.74 Å². The van der Waals surface area contributed by atoms with Crippen molar-refractivity contribution < 1.29 is 4.74 Å². The Hall–Kier alpha value is -2.98. The molecule has 0 fully saturated rings. The largest absolute Gasteiger partial charge is 0.463 e. The van der Waals surface area contributed by atoms with Gasteiger partial charge < -0.3 is 9.64 Å². The van der Waals surface area contributed by atoms with Gasteiger partial charge in [0, 0.05) is 20.0 Å². The lowest BCUT2D eigenvalue weighted by atomic mass is 9.92. The molecular weight excluding hydrogens is 274 g/mol. The third kappa shape index (κ3) is 3.56. The van der Waals surface area contributed by atoms with Crippen molar-refractivity contribution >= 4 is 6.08 Å². The molecule has 1 atom stereocenters. The quantitative estimate of drug-likeness (QED) is 0.854. The molecule has 0 aliphatic carbocycles. The van der Waals surface area contributed by atoms with E-state index in [-0.39, 0.29) is 5.92 Å². The fourth-order valence-corrected chi connectivity index (χ4v) is 2.15. The highest BCUT2D eigenvalue weighted by Crippen LogP contribution is 2.27. The van der Waals surface area contributed by atoms with Crippen molar-refractivity contribution in [2.45, 2.75) is 0 Å². The molecule has 0 spiro atoms. The van der Waals surface area contributed by atoms with Crippen LogP contribution in [0.1, 0.15) is 5.56 Å². The zero-order valence-corrected chi connectivity index (χ0v) is 12.6. The van der Waals surface area contributed by atoms with Crippen LogP contribution in [0, 0.1) is 34.5 Å². The molecule has 4 nitrogen and oxygen atoms in total. The van der Waals surface area contributed by atoms with E-state index in [0.29, 0.717) is 5.76 Å². The molecule has 0 saturated heterocycles. The third-order valence-corrected chi connectivity index (χ3v) is 3.34. The van der Waals surface area contributed by atoms with Gasteiger partial charge in [0.05, 0.1) is 24.1 Å². The van der Waals surface area contributed by atoms with Crippen molar-refractivity contribution in [3.63, 3.8) is 0 Å². The number of ether oxygens (including phenoxy) is 1. The van der Waals surface area contributed by atoms with Crippen LogP contribution in [0.2, 0.25) is 0 Å². The van der Waals surface area contributed by atoms with E-state index in [2.05, 4.69) is 0 Å². The van der Waals surface area contributed by atoms with Gasteiger partial charge in [0.25, 0.3) is 0 Å². The predicted molar refractivity (Wildman–Crippen MR) is 84.6 cm³/mol. The van der Waals surface area contributed by atoms with Crippen molar-refractivity contribution in [2.24, 2.45) is 11.8 Å². The van der Waals surface area contributed by atoms with Crippen LogP contribution in [0.4, 0.5) is 0 Å². The number of nitriles is 2. The summed E-state index contributed by atoms with van der Waals surface area (Å²) < 4.78 is 5.59. The lowest BCUT2D eigenvalue weighted by Gasteiger charge is -2.23. The Morgan fingerprint density at radius 1 is 1.23 bits per heavy atom. The molecule has 1 aliphatic rings. The summed E-state index contributed by atoms with van der Waals surface area (Å²) in [6, 6.07) is 14.0. The summed E-state index contributed by atoms with van der Waals surface area (Å²) in [5, 5.41) is 18.1. The van der Waals surface area contributed by atoms with Gasteiger partial charge in [-0.1, -0.05) is 30.3 Å². The summed E-state index contributed by atoms with van der Waals surface area (Å²) >= 11 is 0. The van der Waals surface area contributed by atoms with Gasteiger partial charge in [-0.15, -0.1) is 0 Å².